The van der Waals surface area contributed by atoms with Gasteiger partial charge < -0.3 is 0 Å². The van der Waals surface area contributed by atoms with Crippen LogP contribution < -0.4 is 0 Å². The second-order valence-electron chi connectivity index (χ2n) is 1.71. The van der Waals surface area contributed by atoms with Crippen molar-refractivity contribution in [2.75, 3.05) is 6.61 Å². The Morgan fingerprint density at radius 3 is 2.71 bits per heavy atom. The monoisotopic (exact) mass is 101 g/mol. The van der Waals surface area contributed by atoms with Crippen LogP contribution in [0.5, 0.6) is 0 Å². The third kappa shape index (κ3) is 1.45. The van der Waals surface area contributed by atoms with Crippen LogP contribution in [0.1, 0.15) is 19.8 Å². The highest BCUT2D eigenvalue weighted by Crippen LogP contribution is 2.14. The fraction of sp³-hybridized carbons (Fsp3) is 0.800. The minimum Gasteiger partial charge on any atom is -0.236 e. The molecule has 0 spiro atoms. The van der Waals surface area contributed by atoms with Gasteiger partial charge in [-0.15, -0.1) is 0 Å². The van der Waals surface area contributed by atoms with Crippen LogP contribution in [0.2, 0.25) is 0 Å². The Morgan fingerprint density at radius 2 is 2.43 bits per heavy atom. The molecule has 0 saturated carbocycles. The lowest BCUT2D eigenvalue weighted by atomic mass is 10.2. The summed E-state index contributed by atoms with van der Waals surface area (Å²) in [4.78, 5) is 9.34. The van der Waals surface area contributed by atoms with Crippen molar-refractivity contribution in [1.29, 1.82) is 0 Å². The van der Waals surface area contributed by atoms with Gasteiger partial charge in [-0.25, -0.2) is 9.78 Å². The Hall–Kier alpha value is -0.0800. The van der Waals surface area contributed by atoms with Crippen LogP contribution >= 0.6 is 0 Å². The maximum atomic E-state index is 4.69. The molecule has 0 N–H and O–H groups in total. The molecule has 1 saturated heterocycles. The van der Waals surface area contributed by atoms with E-state index in [9.17, 15) is 0 Å². The summed E-state index contributed by atoms with van der Waals surface area (Å²) in [5.74, 6) is 0. The van der Waals surface area contributed by atoms with Crippen molar-refractivity contribution in [3.63, 3.8) is 0 Å². The number of hydrogen-bond acceptors (Lipinski definition) is 2. The molecule has 0 atom stereocenters. The van der Waals surface area contributed by atoms with Gasteiger partial charge in [-0.3, -0.25) is 0 Å². The molecule has 0 aliphatic carbocycles. The van der Waals surface area contributed by atoms with Crippen LogP contribution in [0.15, 0.2) is 0 Å². The van der Waals surface area contributed by atoms with E-state index in [0.29, 0.717) is 0 Å². The highest BCUT2D eigenvalue weighted by atomic mass is 17.2. The fourth-order valence-electron chi connectivity index (χ4n) is 0.564. The molecule has 1 radical (unpaired) electrons. The van der Waals surface area contributed by atoms with Gasteiger partial charge in [0.25, 0.3) is 0 Å². The van der Waals surface area contributed by atoms with Crippen LogP contribution in [0, 0.1) is 6.10 Å². The van der Waals surface area contributed by atoms with Crippen molar-refractivity contribution in [1.82, 2.24) is 0 Å². The molecule has 1 rings (SSSR count). The van der Waals surface area contributed by atoms with Crippen LogP contribution in [0.25, 0.3) is 0 Å². The summed E-state index contributed by atoms with van der Waals surface area (Å²) in [5.41, 5.74) is 0. The Kier molecular flexibility index (Phi) is 1.65. The third-order valence-corrected chi connectivity index (χ3v) is 0.958. The van der Waals surface area contributed by atoms with E-state index < -0.39 is 0 Å². The predicted octanol–water partition coefficient (Wildman–Crippen LogP) is 1.28. The van der Waals surface area contributed by atoms with E-state index in [4.69, 9.17) is 4.89 Å². The average Bonchev–Trinajstić information content (AvgIpc) is 1.69. The molecule has 2 heteroatoms. The first-order valence-electron chi connectivity index (χ1n) is 2.51. The maximum Gasteiger partial charge on any atom is 0.132 e. The maximum absolute atomic E-state index is 4.69. The van der Waals surface area contributed by atoms with Crippen LogP contribution in [-0.4, -0.2) is 6.61 Å². The van der Waals surface area contributed by atoms with E-state index in [1.165, 1.54) is 0 Å². The van der Waals surface area contributed by atoms with Gasteiger partial charge in [-0.2, -0.15) is 0 Å². The molecular formula is C5H9O2. The number of hydrogen-bond donors (Lipinski definition) is 0. The van der Waals surface area contributed by atoms with Gasteiger partial charge in [0.1, 0.15) is 6.10 Å². The Balaban J connectivity index is 2.12. The van der Waals surface area contributed by atoms with Crippen molar-refractivity contribution in [2.45, 2.75) is 19.8 Å². The van der Waals surface area contributed by atoms with E-state index in [-0.39, 0.29) is 0 Å². The van der Waals surface area contributed by atoms with Gasteiger partial charge in [0.05, 0.1) is 6.61 Å². The standard InChI is InChI=1S/C5H9O2/c1-5-3-2-4-6-7-5/h2-4H2,1H3. The summed E-state index contributed by atoms with van der Waals surface area (Å²) in [6.07, 6.45) is 3.15. The summed E-state index contributed by atoms with van der Waals surface area (Å²) in [6, 6.07) is 0. The molecule has 1 fully saturated rings. The zero-order valence-corrected chi connectivity index (χ0v) is 4.44. The lowest BCUT2D eigenvalue weighted by Crippen LogP contribution is -2.09. The highest BCUT2D eigenvalue weighted by Gasteiger charge is 2.08. The molecule has 1 aliphatic heterocycles. The lowest BCUT2D eigenvalue weighted by Gasteiger charge is -2.14. The lowest BCUT2D eigenvalue weighted by molar-refractivity contribution is -0.304. The minimum absolute atomic E-state index is 0.747. The van der Waals surface area contributed by atoms with Crippen molar-refractivity contribution in [3.8, 4) is 0 Å². The fourth-order valence-corrected chi connectivity index (χ4v) is 0.564. The summed E-state index contributed by atoms with van der Waals surface area (Å²) >= 11 is 0. The van der Waals surface area contributed by atoms with E-state index in [1.54, 1.807) is 0 Å². The first-order chi connectivity index (χ1) is 3.39. The van der Waals surface area contributed by atoms with E-state index >= 15 is 0 Å². The van der Waals surface area contributed by atoms with Crippen molar-refractivity contribution >= 4 is 0 Å². The van der Waals surface area contributed by atoms with E-state index in [2.05, 4.69) is 4.89 Å². The Morgan fingerprint density at radius 1 is 1.57 bits per heavy atom. The zero-order chi connectivity index (χ0) is 5.11. The van der Waals surface area contributed by atoms with Gasteiger partial charge in [0, 0.05) is 0 Å². The van der Waals surface area contributed by atoms with E-state index in [1.807, 2.05) is 6.92 Å². The molecule has 0 bridgehead atoms. The molecule has 0 unspecified atom stereocenters. The summed E-state index contributed by atoms with van der Waals surface area (Å²) in [7, 11) is 0. The molecule has 1 heterocycles. The second-order valence-corrected chi connectivity index (χ2v) is 1.71. The van der Waals surface area contributed by atoms with Gasteiger partial charge in [-0.05, 0) is 19.8 Å². The molecule has 7 heavy (non-hydrogen) atoms. The van der Waals surface area contributed by atoms with Crippen molar-refractivity contribution < 1.29 is 9.78 Å². The SMILES string of the molecule is C[C]1CCCOO1. The van der Waals surface area contributed by atoms with Crippen molar-refractivity contribution in [3.05, 3.63) is 6.10 Å². The average molecular weight is 101 g/mol. The summed E-state index contributed by atoms with van der Waals surface area (Å²) in [5, 5.41) is 0. The van der Waals surface area contributed by atoms with Gasteiger partial charge in [-0.1, -0.05) is 0 Å². The first-order valence-corrected chi connectivity index (χ1v) is 2.51. The Labute approximate surface area is 43.3 Å². The zero-order valence-electron chi connectivity index (χ0n) is 4.44. The largest absolute Gasteiger partial charge is 0.236 e. The number of rotatable bonds is 0. The normalized spacial score (nSPS) is 25.3. The molecule has 2 nitrogen and oxygen atoms in total. The predicted molar refractivity (Wildman–Crippen MR) is 25.2 cm³/mol. The molecular weight excluding hydrogens is 92.1 g/mol. The summed E-state index contributed by atoms with van der Waals surface area (Å²) in [6.45, 7) is 2.68. The van der Waals surface area contributed by atoms with Crippen LogP contribution in [0.4, 0.5) is 0 Å². The van der Waals surface area contributed by atoms with Crippen LogP contribution in [0.3, 0.4) is 0 Å². The Bertz CT molecular complexity index is 48.0. The third-order valence-electron chi connectivity index (χ3n) is 0.958. The van der Waals surface area contributed by atoms with Crippen LogP contribution in [-0.2, 0) is 9.78 Å². The molecule has 1 aliphatic rings. The van der Waals surface area contributed by atoms with Crippen molar-refractivity contribution in [2.24, 2.45) is 0 Å². The summed E-state index contributed by atoms with van der Waals surface area (Å²) < 4.78 is 0. The second kappa shape index (κ2) is 2.28. The molecule has 0 aromatic carbocycles. The topological polar surface area (TPSA) is 18.5 Å². The first kappa shape index (κ1) is 5.06. The van der Waals surface area contributed by atoms with Gasteiger partial charge >= 0.3 is 0 Å². The van der Waals surface area contributed by atoms with Gasteiger partial charge in [0.2, 0.25) is 0 Å². The molecule has 0 aromatic heterocycles. The highest BCUT2D eigenvalue weighted by molar-refractivity contribution is 4.69. The smallest absolute Gasteiger partial charge is 0.132 e. The van der Waals surface area contributed by atoms with Gasteiger partial charge in [0.15, 0.2) is 0 Å². The van der Waals surface area contributed by atoms with E-state index in [0.717, 1.165) is 25.6 Å². The minimum atomic E-state index is 0.747. The quantitative estimate of drug-likeness (QED) is 0.428. The molecule has 0 aromatic rings. The molecule has 41 valence electrons. The molecule has 0 amide bonds.